The van der Waals surface area contributed by atoms with E-state index in [0.717, 1.165) is 10.5 Å². The summed E-state index contributed by atoms with van der Waals surface area (Å²) in [6.45, 7) is 5.47. The zero-order chi connectivity index (χ0) is 15.2. The molecule has 1 amide bonds. The van der Waals surface area contributed by atoms with Crippen molar-refractivity contribution in [1.82, 2.24) is 4.90 Å². The smallest absolute Gasteiger partial charge is 0.255 e. The average molecular weight is 299 g/mol. The monoisotopic (exact) mass is 299 g/mol. The Bertz CT molecular complexity index is 624. The van der Waals surface area contributed by atoms with Gasteiger partial charge in [0.2, 0.25) is 0 Å². The number of carbonyl (C=O) groups is 1. The SMILES string of the molecule is CCN(Cc1ccccc1C)C(=O)c1ccccc1SC. The van der Waals surface area contributed by atoms with Gasteiger partial charge in [-0.05, 0) is 43.4 Å². The Hall–Kier alpha value is -1.74. The summed E-state index contributed by atoms with van der Waals surface area (Å²) in [5.74, 6) is 0.103. The van der Waals surface area contributed by atoms with Crippen LogP contribution < -0.4 is 0 Å². The molecule has 2 rings (SSSR count). The van der Waals surface area contributed by atoms with Gasteiger partial charge in [-0.15, -0.1) is 11.8 Å². The molecule has 0 radical (unpaired) electrons. The van der Waals surface area contributed by atoms with Crippen LogP contribution in [0.2, 0.25) is 0 Å². The van der Waals surface area contributed by atoms with E-state index in [1.54, 1.807) is 11.8 Å². The van der Waals surface area contributed by atoms with Gasteiger partial charge in [0.15, 0.2) is 0 Å². The van der Waals surface area contributed by atoms with Crippen molar-refractivity contribution in [1.29, 1.82) is 0 Å². The molecule has 2 aromatic carbocycles. The predicted molar refractivity (Wildman–Crippen MR) is 89.8 cm³/mol. The number of benzene rings is 2. The standard InChI is InChI=1S/C18H21NOS/c1-4-19(13-15-10-6-5-9-14(15)2)18(20)16-11-7-8-12-17(16)21-3/h5-12H,4,13H2,1-3H3. The minimum Gasteiger partial charge on any atom is -0.335 e. The van der Waals surface area contributed by atoms with E-state index in [1.165, 1.54) is 11.1 Å². The Morgan fingerprint density at radius 2 is 1.76 bits per heavy atom. The summed E-state index contributed by atoms with van der Waals surface area (Å²) in [5.41, 5.74) is 3.22. The largest absolute Gasteiger partial charge is 0.335 e. The molecule has 0 N–H and O–H groups in total. The van der Waals surface area contributed by atoms with Gasteiger partial charge in [0.05, 0.1) is 5.56 Å². The van der Waals surface area contributed by atoms with E-state index in [4.69, 9.17) is 0 Å². The summed E-state index contributed by atoms with van der Waals surface area (Å²) in [7, 11) is 0. The molecule has 0 aromatic heterocycles. The molecule has 0 unspecified atom stereocenters. The number of carbonyl (C=O) groups excluding carboxylic acids is 1. The Morgan fingerprint density at radius 1 is 1.10 bits per heavy atom. The lowest BCUT2D eigenvalue weighted by molar-refractivity contribution is 0.0749. The van der Waals surface area contributed by atoms with Gasteiger partial charge >= 0.3 is 0 Å². The lowest BCUT2D eigenvalue weighted by atomic mass is 10.1. The average Bonchev–Trinajstić information content (AvgIpc) is 2.53. The van der Waals surface area contributed by atoms with Crippen LogP contribution in [0, 0.1) is 6.92 Å². The molecule has 0 aliphatic heterocycles. The summed E-state index contributed by atoms with van der Waals surface area (Å²) in [6.07, 6.45) is 2.00. The highest BCUT2D eigenvalue weighted by atomic mass is 32.2. The van der Waals surface area contributed by atoms with Gasteiger partial charge in [-0.1, -0.05) is 36.4 Å². The highest BCUT2D eigenvalue weighted by molar-refractivity contribution is 7.98. The van der Waals surface area contributed by atoms with Gasteiger partial charge in [-0.2, -0.15) is 0 Å². The van der Waals surface area contributed by atoms with Crippen LogP contribution >= 0.6 is 11.8 Å². The summed E-state index contributed by atoms with van der Waals surface area (Å²) in [6, 6.07) is 16.0. The van der Waals surface area contributed by atoms with Crippen LogP contribution in [-0.4, -0.2) is 23.6 Å². The zero-order valence-corrected chi connectivity index (χ0v) is 13.6. The van der Waals surface area contributed by atoms with Crippen molar-refractivity contribution in [2.45, 2.75) is 25.3 Å². The van der Waals surface area contributed by atoms with Crippen molar-refractivity contribution >= 4 is 17.7 Å². The fourth-order valence-electron chi connectivity index (χ4n) is 2.31. The first kappa shape index (κ1) is 15.6. The summed E-state index contributed by atoms with van der Waals surface area (Å²) < 4.78 is 0. The molecule has 2 aromatic rings. The zero-order valence-electron chi connectivity index (χ0n) is 12.8. The number of aryl methyl sites for hydroxylation is 1. The van der Waals surface area contributed by atoms with Gasteiger partial charge in [0, 0.05) is 18.0 Å². The molecule has 0 bridgehead atoms. The lowest BCUT2D eigenvalue weighted by Crippen LogP contribution is -2.31. The van der Waals surface area contributed by atoms with Crippen molar-refractivity contribution in [2.24, 2.45) is 0 Å². The number of nitrogens with zero attached hydrogens (tertiary/aromatic N) is 1. The first-order valence-corrected chi connectivity index (χ1v) is 8.36. The molecule has 2 nitrogen and oxygen atoms in total. The Kier molecular flexibility index (Phi) is 5.45. The first-order valence-electron chi connectivity index (χ1n) is 7.14. The normalized spacial score (nSPS) is 10.4. The third-order valence-corrected chi connectivity index (χ3v) is 4.42. The van der Waals surface area contributed by atoms with Crippen molar-refractivity contribution < 1.29 is 4.79 Å². The van der Waals surface area contributed by atoms with Crippen LogP contribution in [0.5, 0.6) is 0 Å². The van der Waals surface area contributed by atoms with Crippen LogP contribution in [-0.2, 0) is 6.54 Å². The van der Waals surface area contributed by atoms with Gasteiger partial charge in [0.25, 0.3) is 5.91 Å². The second kappa shape index (κ2) is 7.32. The van der Waals surface area contributed by atoms with E-state index in [1.807, 2.05) is 54.5 Å². The van der Waals surface area contributed by atoms with Gasteiger partial charge in [0.1, 0.15) is 0 Å². The highest BCUT2D eigenvalue weighted by Gasteiger charge is 2.17. The maximum Gasteiger partial charge on any atom is 0.255 e. The number of hydrogen-bond donors (Lipinski definition) is 0. The second-order valence-corrected chi connectivity index (χ2v) is 5.79. The van der Waals surface area contributed by atoms with Gasteiger partial charge in [-0.25, -0.2) is 0 Å². The quantitative estimate of drug-likeness (QED) is 0.764. The molecule has 0 spiro atoms. The second-order valence-electron chi connectivity index (χ2n) is 4.95. The molecule has 0 heterocycles. The Balaban J connectivity index is 2.25. The van der Waals surface area contributed by atoms with Crippen molar-refractivity contribution in [3.8, 4) is 0 Å². The van der Waals surface area contributed by atoms with Crippen LogP contribution in [0.4, 0.5) is 0 Å². The molecule has 0 aliphatic carbocycles. The summed E-state index contributed by atoms with van der Waals surface area (Å²) >= 11 is 1.61. The fraction of sp³-hybridized carbons (Fsp3) is 0.278. The Labute approximate surface area is 131 Å². The predicted octanol–water partition coefficient (Wildman–Crippen LogP) is 4.38. The summed E-state index contributed by atoms with van der Waals surface area (Å²) in [4.78, 5) is 15.7. The highest BCUT2D eigenvalue weighted by Crippen LogP contribution is 2.22. The maximum atomic E-state index is 12.8. The van der Waals surface area contributed by atoms with Gasteiger partial charge < -0.3 is 4.90 Å². The van der Waals surface area contributed by atoms with Gasteiger partial charge in [-0.3, -0.25) is 4.79 Å². The van der Waals surface area contributed by atoms with Crippen LogP contribution in [0.15, 0.2) is 53.4 Å². The number of amides is 1. The molecule has 110 valence electrons. The topological polar surface area (TPSA) is 20.3 Å². The minimum absolute atomic E-state index is 0.103. The molecule has 0 atom stereocenters. The number of thioether (sulfide) groups is 1. The van der Waals surface area contributed by atoms with E-state index in [2.05, 4.69) is 19.1 Å². The minimum atomic E-state index is 0.103. The molecule has 0 saturated heterocycles. The van der Waals surface area contributed by atoms with Crippen molar-refractivity contribution in [3.63, 3.8) is 0 Å². The Morgan fingerprint density at radius 3 is 2.43 bits per heavy atom. The molecular formula is C18H21NOS. The molecule has 0 saturated carbocycles. The van der Waals surface area contributed by atoms with Crippen molar-refractivity contribution in [2.75, 3.05) is 12.8 Å². The van der Waals surface area contributed by atoms with Crippen molar-refractivity contribution in [3.05, 3.63) is 65.2 Å². The molecule has 0 fully saturated rings. The summed E-state index contributed by atoms with van der Waals surface area (Å²) in [5, 5.41) is 0. The molecule has 21 heavy (non-hydrogen) atoms. The van der Waals surface area contributed by atoms with E-state index >= 15 is 0 Å². The molecule has 3 heteroatoms. The number of hydrogen-bond acceptors (Lipinski definition) is 2. The fourth-order valence-corrected chi connectivity index (χ4v) is 2.90. The van der Waals surface area contributed by atoms with E-state index in [0.29, 0.717) is 13.1 Å². The van der Waals surface area contributed by atoms with Crippen LogP contribution in [0.25, 0.3) is 0 Å². The maximum absolute atomic E-state index is 12.8. The molecule has 0 aliphatic rings. The third-order valence-electron chi connectivity index (χ3n) is 3.63. The van der Waals surface area contributed by atoms with E-state index in [-0.39, 0.29) is 5.91 Å². The van der Waals surface area contributed by atoms with Crippen LogP contribution in [0.1, 0.15) is 28.4 Å². The van der Waals surface area contributed by atoms with Crippen LogP contribution in [0.3, 0.4) is 0 Å². The third kappa shape index (κ3) is 3.67. The van der Waals surface area contributed by atoms with E-state index < -0.39 is 0 Å². The number of rotatable bonds is 5. The molecular weight excluding hydrogens is 278 g/mol. The lowest BCUT2D eigenvalue weighted by Gasteiger charge is -2.23. The first-order chi connectivity index (χ1) is 10.2. The van der Waals surface area contributed by atoms with E-state index in [9.17, 15) is 4.79 Å².